The number of hydrogen-bond donors (Lipinski definition) is 1. The lowest BCUT2D eigenvalue weighted by molar-refractivity contribution is 0.0353. The van der Waals surface area contributed by atoms with Crippen molar-refractivity contribution < 1.29 is 19.5 Å². The SMILES string of the molecule is O=C(C(=O)c1ccc(C(=O)C2(O)CCCC2)cc1)c1ccccc1. The van der Waals surface area contributed by atoms with Gasteiger partial charge in [-0.05, 0) is 25.7 Å². The average molecular weight is 322 g/mol. The van der Waals surface area contributed by atoms with Gasteiger partial charge >= 0.3 is 0 Å². The van der Waals surface area contributed by atoms with Gasteiger partial charge in [-0.25, -0.2) is 0 Å². The van der Waals surface area contributed by atoms with Crippen LogP contribution in [-0.2, 0) is 0 Å². The van der Waals surface area contributed by atoms with Crippen LogP contribution >= 0.6 is 0 Å². The summed E-state index contributed by atoms with van der Waals surface area (Å²) < 4.78 is 0. The van der Waals surface area contributed by atoms with E-state index in [2.05, 4.69) is 0 Å². The molecule has 0 aliphatic heterocycles. The van der Waals surface area contributed by atoms with Crippen molar-refractivity contribution in [2.75, 3.05) is 0 Å². The molecule has 1 aliphatic carbocycles. The highest BCUT2D eigenvalue weighted by Crippen LogP contribution is 2.32. The van der Waals surface area contributed by atoms with Gasteiger partial charge in [0.15, 0.2) is 5.78 Å². The van der Waals surface area contributed by atoms with Gasteiger partial charge in [-0.3, -0.25) is 14.4 Å². The van der Waals surface area contributed by atoms with Crippen molar-refractivity contribution in [3.63, 3.8) is 0 Å². The van der Waals surface area contributed by atoms with Crippen LogP contribution in [0.3, 0.4) is 0 Å². The smallest absolute Gasteiger partial charge is 0.233 e. The number of aliphatic hydroxyl groups is 1. The predicted octanol–water partition coefficient (Wildman–Crippen LogP) is 3.24. The fourth-order valence-electron chi connectivity index (χ4n) is 3.08. The van der Waals surface area contributed by atoms with Crippen molar-refractivity contribution in [3.05, 3.63) is 71.3 Å². The summed E-state index contributed by atoms with van der Waals surface area (Å²) in [6.07, 6.45) is 2.62. The van der Waals surface area contributed by atoms with Gasteiger partial charge in [0, 0.05) is 16.7 Å². The molecule has 1 fully saturated rings. The van der Waals surface area contributed by atoms with Crippen molar-refractivity contribution in [3.8, 4) is 0 Å². The lowest BCUT2D eigenvalue weighted by Crippen LogP contribution is -2.35. The molecule has 0 radical (unpaired) electrons. The van der Waals surface area contributed by atoms with Crippen molar-refractivity contribution in [1.82, 2.24) is 0 Å². The number of carbonyl (C=O) groups excluding carboxylic acids is 3. The Hall–Kier alpha value is -2.59. The number of benzene rings is 2. The molecular weight excluding hydrogens is 304 g/mol. The predicted molar refractivity (Wildman–Crippen MR) is 89.3 cm³/mol. The molecule has 0 atom stereocenters. The second-order valence-electron chi connectivity index (χ2n) is 6.17. The molecule has 24 heavy (non-hydrogen) atoms. The van der Waals surface area contributed by atoms with E-state index in [4.69, 9.17) is 0 Å². The Morgan fingerprint density at radius 2 is 1.17 bits per heavy atom. The highest BCUT2D eigenvalue weighted by molar-refractivity contribution is 6.49. The van der Waals surface area contributed by atoms with Crippen LogP contribution in [0.15, 0.2) is 54.6 Å². The summed E-state index contributed by atoms with van der Waals surface area (Å²) >= 11 is 0. The van der Waals surface area contributed by atoms with Crippen molar-refractivity contribution >= 4 is 17.3 Å². The molecule has 122 valence electrons. The second kappa shape index (κ2) is 6.49. The summed E-state index contributed by atoms with van der Waals surface area (Å²) in [6.45, 7) is 0. The monoisotopic (exact) mass is 322 g/mol. The lowest BCUT2D eigenvalue weighted by atomic mass is 9.90. The molecule has 0 saturated heterocycles. The Kier molecular flexibility index (Phi) is 4.40. The van der Waals surface area contributed by atoms with Crippen molar-refractivity contribution in [2.45, 2.75) is 31.3 Å². The number of carbonyl (C=O) groups is 3. The molecule has 2 aromatic carbocycles. The van der Waals surface area contributed by atoms with Gasteiger partial charge in [0.05, 0.1) is 0 Å². The summed E-state index contributed by atoms with van der Waals surface area (Å²) in [6, 6.07) is 14.3. The summed E-state index contributed by atoms with van der Waals surface area (Å²) in [5, 5.41) is 10.4. The third-order valence-electron chi connectivity index (χ3n) is 4.50. The minimum absolute atomic E-state index is 0.235. The van der Waals surface area contributed by atoms with Gasteiger partial charge in [-0.2, -0.15) is 0 Å². The van der Waals surface area contributed by atoms with Crippen molar-refractivity contribution in [2.24, 2.45) is 0 Å². The third-order valence-corrected chi connectivity index (χ3v) is 4.50. The zero-order valence-corrected chi connectivity index (χ0v) is 13.2. The topological polar surface area (TPSA) is 71.4 Å². The first-order valence-corrected chi connectivity index (χ1v) is 8.03. The van der Waals surface area contributed by atoms with Crippen LogP contribution in [0.5, 0.6) is 0 Å². The van der Waals surface area contributed by atoms with Gasteiger partial charge in [0.25, 0.3) is 0 Å². The van der Waals surface area contributed by atoms with Crippen LogP contribution in [0.2, 0.25) is 0 Å². The van der Waals surface area contributed by atoms with Crippen LogP contribution in [0.25, 0.3) is 0 Å². The minimum atomic E-state index is -1.29. The first kappa shape index (κ1) is 16.3. The summed E-state index contributed by atoms with van der Waals surface area (Å²) in [5.74, 6) is -1.50. The van der Waals surface area contributed by atoms with Gasteiger partial charge in [-0.15, -0.1) is 0 Å². The van der Waals surface area contributed by atoms with Crippen LogP contribution < -0.4 is 0 Å². The molecule has 4 nitrogen and oxygen atoms in total. The molecular formula is C20H18O4. The van der Waals surface area contributed by atoms with Gasteiger partial charge in [0.2, 0.25) is 11.6 Å². The number of Topliss-reactive ketones (excluding diaryl/α,β-unsaturated/α-hetero) is 3. The van der Waals surface area contributed by atoms with E-state index in [1.165, 1.54) is 24.3 Å². The zero-order chi connectivity index (χ0) is 17.2. The molecule has 0 unspecified atom stereocenters. The average Bonchev–Trinajstić information content (AvgIpc) is 3.08. The summed E-state index contributed by atoms with van der Waals surface area (Å²) in [5.41, 5.74) is -0.351. The van der Waals surface area contributed by atoms with Crippen LogP contribution in [0.1, 0.15) is 56.8 Å². The second-order valence-corrected chi connectivity index (χ2v) is 6.17. The van der Waals surface area contributed by atoms with E-state index in [0.29, 0.717) is 24.0 Å². The maximum atomic E-state index is 12.4. The van der Waals surface area contributed by atoms with Gasteiger partial charge in [0.1, 0.15) is 5.60 Å². The van der Waals surface area contributed by atoms with E-state index in [0.717, 1.165) is 12.8 Å². The van der Waals surface area contributed by atoms with Crippen LogP contribution in [-0.4, -0.2) is 28.1 Å². The molecule has 0 spiro atoms. The maximum Gasteiger partial charge on any atom is 0.233 e. The van der Waals surface area contributed by atoms with Crippen LogP contribution in [0.4, 0.5) is 0 Å². The summed E-state index contributed by atoms with van der Waals surface area (Å²) in [4.78, 5) is 36.8. The molecule has 0 heterocycles. The number of hydrogen-bond acceptors (Lipinski definition) is 4. The first-order valence-electron chi connectivity index (χ1n) is 8.03. The van der Waals surface area contributed by atoms with Gasteiger partial charge in [-0.1, -0.05) is 54.6 Å². The van der Waals surface area contributed by atoms with Crippen LogP contribution in [0, 0.1) is 0 Å². The van der Waals surface area contributed by atoms with Crippen molar-refractivity contribution in [1.29, 1.82) is 0 Å². The molecule has 1 saturated carbocycles. The van der Waals surface area contributed by atoms with E-state index in [-0.39, 0.29) is 11.3 Å². The fraction of sp³-hybridized carbons (Fsp3) is 0.250. The normalized spacial score (nSPS) is 15.9. The lowest BCUT2D eigenvalue weighted by Gasteiger charge is -2.20. The number of ketones is 3. The first-order chi connectivity index (χ1) is 11.5. The molecule has 4 heteroatoms. The Bertz CT molecular complexity index is 769. The Morgan fingerprint density at radius 3 is 1.71 bits per heavy atom. The largest absolute Gasteiger partial charge is 0.382 e. The molecule has 0 amide bonds. The number of rotatable bonds is 5. The molecule has 2 aromatic rings. The standard InChI is InChI=1S/C20H18O4/c21-17(14-6-2-1-3-7-14)18(22)15-8-10-16(11-9-15)19(23)20(24)12-4-5-13-20/h1-3,6-11,24H,4-5,12-13H2. The Labute approximate surface area is 140 Å². The molecule has 0 aromatic heterocycles. The minimum Gasteiger partial charge on any atom is -0.382 e. The van der Waals surface area contributed by atoms with E-state index in [1.807, 2.05) is 0 Å². The van der Waals surface area contributed by atoms with E-state index >= 15 is 0 Å². The maximum absolute atomic E-state index is 12.4. The summed E-state index contributed by atoms with van der Waals surface area (Å²) in [7, 11) is 0. The molecule has 3 rings (SSSR count). The highest BCUT2D eigenvalue weighted by Gasteiger charge is 2.39. The third kappa shape index (κ3) is 3.05. The van der Waals surface area contributed by atoms with E-state index in [9.17, 15) is 19.5 Å². The zero-order valence-electron chi connectivity index (χ0n) is 13.2. The Balaban J connectivity index is 1.78. The Morgan fingerprint density at radius 1 is 0.708 bits per heavy atom. The fourth-order valence-corrected chi connectivity index (χ4v) is 3.08. The quantitative estimate of drug-likeness (QED) is 0.677. The van der Waals surface area contributed by atoms with E-state index in [1.54, 1.807) is 30.3 Å². The van der Waals surface area contributed by atoms with E-state index < -0.39 is 17.2 Å². The van der Waals surface area contributed by atoms with Gasteiger partial charge < -0.3 is 5.11 Å². The molecule has 1 aliphatic rings. The molecule has 1 N–H and O–H groups in total. The highest BCUT2D eigenvalue weighted by atomic mass is 16.3. The molecule has 0 bridgehead atoms.